The molecule has 4 amide bonds. The largest absolute Gasteiger partial charge is 0.495 e. The Morgan fingerprint density at radius 2 is 2.04 bits per heavy atom. The molecule has 9 heteroatoms. The van der Waals surface area contributed by atoms with Crippen molar-refractivity contribution in [3.05, 3.63) is 35.7 Å². The summed E-state index contributed by atoms with van der Waals surface area (Å²) in [5.41, 5.74) is 0.366. The zero-order valence-corrected chi connectivity index (χ0v) is 15.9. The lowest BCUT2D eigenvalue weighted by molar-refractivity contribution is -0.124. The molecular weight excluding hydrogens is 370 g/mol. The van der Waals surface area contributed by atoms with Crippen LogP contribution in [-0.4, -0.2) is 68.0 Å². The highest BCUT2D eigenvalue weighted by molar-refractivity contribution is 8.03. The van der Waals surface area contributed by atoms with Crippen LogP contribution >= 0.6 is 11.8 Å². The van der Waals surface area contributed by atoms with Gasteiger partial charge >= 0.3 is 6.03 Å². The first kappa shape index (κ1) is 19.2. The third-order valence-corrected chi connectivity index (χ3v) is 5.43. The van der Waals surface area contributed by atoms with Crippen LogP contribution in [0.15, 0.2) is 35.7 Å². The molecule has 1 aromatic rings. The van der Waals surface area contributed by atoms with E-state index in [1.165, 1.54) is 23.8 Å². The van der Waals surface area contributed by atoms with Crippen LogP contribution in [0.5, 0.6) is 5.75 Å². The first-order valence-electron chi connectivity index (χ1n) is 8.44. The van der Waals surface area contributed by atoms with E-state index in [0.29, 0.717) is 24.6 Å². The molecule has 3 rings (SSSR count). The number of para-hydroxylation sites is 2. The van der Waals surface area contributed by atoms with Crippen LogP contribution in [-0.2, 0) is 14.3 Å². The number of urea groups is 1. The van der Waals surface area contributed by atoms with Crippen molar-refractivity contribution >= 4 is 35.3 Å². The number of nitrogens with one attached hydrogen (secondary N) is 1. The van der Waals surface area contributed by atoms with Gasteiger partial charge in [0.2, 0.25) is 5.91 Å². The monoisotopic (exact) mass is 391 g/mol. The predicted molar refractivity (Wildman–Crippen MR) is 102 cm³/mol. The highest BCUT2D eigenvalue weighted by Gasteiger charge is 2.48. The first-order chi connectivity index (χ1) is 13.1. The number of benzene rings is 1. The summed E-state index contributed by atoms with van der Waals surface area (Å²) in [6.07, 6.45) is 1.78. The van der Waals surface area contributed by atoms with E-state index >= 15 is 0 Å². The fourth-order valence-corrected chi connectivity index (χ4v) is 4.09. The highest BCUT2D eigenvalue weighted by Crippen LogP contribution is 2.38. The van der Waals surface area contributed by atoms with Crippen LogP contribution < -0.4 is 15.0 Å². The second kappa shape index (κ2) is 8.45. The van der Waals surface area contributed by atoms with Gasteiger partial charge in [-0.3, -0.25) is 9.59 Å². The molecule has 1 N–H and O–H groups in total. The van der Waals surface area contributed by atoms with Crippen molar-refractivity contribution in [3.8, 4) is 5.75 Å². The van der Waals surface area contributed by atoms with Gasteiger partial charge in [0.25, 0.3) is 5.91 Å². The standard InChI is InChI=1S/C18H21N3O5S/c1-25-9-8-19-15(22)11-20-13-7-10-27-16(13)17(23)21(18(20)24)12-5-3-4-6-14(12)26-2/h3-7,10,13,16H,8-9,11H2,1-2H3,(H,19,22). The summed E-state index contributed by atoms with van der Waals surface area (Å²) in [5, 5.41) is 4.01. The van der Waals surface area contributed by atoms with Crippen molar-refractivity contribution < 1.29 is 23.9 Å². The molecule has 0 aromatic heterocycles. The van der Waals surface area contributed by atoms with Crippen molar-refractivity contribution in [1.82, 2.24) is 10.2 Å². The maximum atomic E-state index is 13.1. The molecule has 1 saturated heterocycles. The molecule has 144 valence electrons. The number of hydrogen-bond donors (Lipinski definition) is 1. The molecule has 2 atom stereocenters. The zero-order chi connectivity index (χ0) is 19.4. The second-order valence-corrected chi connectivity index (χ2v) is 7.03. The molecule has 0 spiro atoms. The summed E-state index contributed by atoms with van der Waals surface area (Å²) in [7, 11) is 3.02. The molecule has 8 nitrogen and oxygen atoms in total. The number of fused-ring (bicyclic) bond motifs is 1. The molecule has 2 aliphatic heterocycles. The van der Waals surface area contributed by atoms with Crippen LogP contribution in [0.4, 0.5) is 10.5 Å². The van der Waals surface area contributed by atoms with E-state index in [9.17, 15) is 14.4 Å². The number of imide groups is 1. The fourth-order valence-electron chi connectivity index (χ4n) is 3.05. The zero-order valence-electron chi connectivity index (χ0n) is 15.1. The Kier molecular flexibility index (Phi) is 6.02. The summed E-state index contributed by atoms with van der Waals surface area (Å²) in [6.45, 7) is 0.589. The van der Waals surface area contributed by atoms with Gasteiger partial charge in [-0.2, -0.15) is 0 Å². The van der Waals surface area contributed by atoms with Crippen molar-refractivity contribution in [2.24, 2.45) is 0 Å². The minimum Gasteiger partial charge on any atom is -0.495 e. The summed E-state index contributed by atoms with van der Waals surface area (Å²) in [4.78, 5) is 40.9. The number of carbonyl (C=O) groups is 3. The van der Waals surface area contributed by atoms with Gasteiger partial charge < -0.3 is 19.7 Å². The van der Waals surface area contributed by atoms with Gasteiger partial charge in [-0.1, -0.05) is 18.2 Å². The Morgan fingerprint density at radius 3 is 2.78 bits per heavy atom. The van der Waals surface area contributed by atoms with E-state index in [-0.39, 0.29) is 18.4 Å². The Labute approximate surface area is 161 Å². The molecule has 0 saturated carbocycles. The first-order valence-corrected chi connectivity index (χ1v) is 9.38. The summed E-state index contributed by atoms with van der Waals surface area (Å²) in [6, 6.07) is 5.83. The number of hydrogen-bond acceptors (Lipinski definition) is 6. The number of thioether (sulfide) groups is 1. The highest BCUT2D eigenvalue weighted by atomic mass is 32.2. The van der Waals surface area contributed by atoms with E-state index in [2.05, 4.69) is 5.32 Å². The third kappa shape index (κ3) is 3.79. The normalized spacial score (nSPS) is 21.4. The van der Waals surface area contributed by atoms with Crippen LogP contribution in [0.25, 0.3) is 0 Å². The summed E-state index contributed by atoms with van der Waals surface area (Å²) in [5.74, 6) is -0.211. The SMILES string of the molecule is COCCNC(=O)CN1C(=O)N(c2ccccc2OC)C(=O)C2SC=CC21. The third-order valence-electron chi connectivity index (χ3n) is 4.34. The average molecular weight is 391 g/mol. The quantitative estimate of drug-likeness (QED) is 0.704. The number of carbonyl (C=O) groups excluding carboxylic acids is 3. The maximum Gasteiger partial charge on any atom is 0.332 e. The number of amides is 4. The number of methoxy groups -OCH3 is 2. The molecule has 27 heavy (non-hydrogen) atoms. The molecule has 2 unspecified atom stereocenters. The van der Waals surface area contributed by atoms with E-state index in [4.69, 9.17) is 9.47 Å². The van der Waals surface area contributed by atoms with Crippen LogP contribution in [0.2, 0.25) is 0 Å². The topological polar surface area (TPSA) is 88.2 Å². The van der Waals surface area contributed by atoms with Gasteiger partial charge in [-0.05, 0) is 17.5 Å². The van der Waals surface area contributed by atoms with Crippen LogP contribution in [0, 0.1) is 0 Å². The van der Waals surface area contributed by atoms with Gasteiger partial charge in [0.1, 0.15) is 17.5 Å². The molecular formula is C18H21N3O5S. The Balaban J connectivity index is 1.87. The van der Waals surface area contributed by atoms with E-state index in [1.54, 1.807) is 42.9 Å². The lowest BCUT2D eigenvalue weighted by atomic mass is 10.1. The number of rotatable bonds is 7. The number of anilines is 1. The minimum atomic E-state index is -0.542. The predicted octanol–water partition coefficient (Wildman–Crippen LogP) is 1.22. The fraction of sp³-hybridized carbons (Fsp3) is 0.389. The van der Waals surface area contributed by atoms with Gasteiger partial charge in [-0.25, -0.2) is 9.69 Å². The Morgan fingerprint density at radius 1 is 1.26 bits per heavy atom. The minimum absolute atomic E-state index is 0.145. The van der Waals surface area contributed by atoms with Gasteiger partial charge in [0.15, 0.2) is 0 Å². The molecule has 2 heterocycles. The van der Waals surface area contributed by atoms with Crippen molar-refractivity contribution in [3.63, 3.8) is 0 Å². The smallest absolute Gasteiger partial charge is 0.332 e. The molecule has 2 aliphatic rings. The molecule has 1 fully saturated rings. The summed E-state index contributed by atoms with van der Waals surface area (Å²) >= 11 is 1.34. The van der Waals surface area contributed by atoms with E-state index in [0.717, 1.165) is 4.90 Å². The Hall–Kier alpha value is -2.52. The lowest BCUT2D eigenvalue weighted by Crippen LogP contribution is -2.63. The molecule has 0 radical (unpaired) electrons. The maximum absolute atomic E-state index is 13.1. The number of ether oxygens (including phenoxy) is 2. The molecule has 1 aromatic carbocycles. The van der Waals surface area contributed by atoms with Crippen molar-refractivity contribution in [1.29, 1.82) is 0 Å². The Bertz CT molecular complexity index is 769. The van der Waals surface area contributed by atoms with Gasteiger partial charge in [-0.15, -0.1) is 11.8 Å². The van der Waals surface area contributed by atoms with Crippen molar-refractivity contribution in [2.75, 3.05) is 38.8 Å². The van der Waals surface area contributed by atoms with E-state index in [1.807, 2.05) is 0 Å². The summed E-state index contributed by atoms with van der Waals surface area (Å²) < 4.78 is 10.2. The lowest BCUT2D eigenvalue weighted by Gasteiger charge is -2.41. The van der Waals surface area contributed by atoms with E-state index < -0.39 is 17.3 Å². The van der Waals surface area contributed by atoms with Crippen LogP contribution in [0.1, 0.15) is 0 Å². The average Bonchev–Trinajstić information content (AvgIpc) is 3.16. The second-order valence-electron chi connectivity index (χ2n) is 5.97. The van der Waals surface area contributed by atoms with Crippen LogP contribution in [0.3, 0.4) is 0 Å². The van der Waals surface area contributed by atoms with Crippen molar-refractivity contribution in [2.45, 2.75) is 11.3 Å². The van der Waals surface area contributed by atoms with Gasteiger partial charge in [0.05, 0.1) is 25.4 Å². The molecule has 0 aliphatic carbocycles. The molecule has 0 bridgehead atoms. The van der Waals surface area contributed by atoms with Gasteiger partial charge in [0, 0.05) is 13.7 Å². The number of nitrogens with zero attached hydrogens (tertiary/aromatic N) is 2.